The zero-order chi connectivity index (χ0) is 15.2. The number of piperidine rings is 1. The van der Waals surface area contributed by atoms with Gasteiger partial charge in [-0.3, -0.25) is 0 Å². The Hall–Kier alpha value is -1.82. The van der Waals surface area contributed by atoms with Gasteiger partial charge in [0.1, 0.15) is 5.82 Å². The number of amidine groups is 1. The van der Waals surface area contributed by atoms with Crippen LogP contribution in [0.15, 0.2) is 23.4 Å². The molecule has 1 aliphatic rings. The van der Waals surface area contributed by atoms with Crippen LogP contribution in [0.5, 0.6) is 0 Å². The van der Waals surface area contributed by atoms with Crippen LogP contribution >= 0.6 is 0 Å². The van der Waals surface area contributed by atoms with E-state index in [0.29, 0.717) is 17.8 Å². The highest BCUT2D eigenvalue weighted by Gasteiger charge is 2.22. The van der Waals surface area contributed by atoms with Crippen LogP contribution in [0.25, 0.3) is 0 Å². The van der Waals surface area contributed by atoms with Gasteiger partial charge in [-0.25, -0.2) is 4.39 Å². The van der Waals surface area contributed by atoms with E-state index in [0.717, 1.165) is 32.4 Å². The Morgan fingerprint density at radius 1 is 1.57 bits per heavy atom. The molecule has 0 aliphatic carbocycles. The van der Waals surface area contributed by atoms with Crippen molar-refractivity contribution in [2.24, 2.45) is 10.9 Å². The summed E-state index contributed by atoms with van der Waals surface area (Å²) < 4.78 is 20.0. The summed E-state index contributed by atoms with van der Waals surface area (Å²) >= 11 is 0. The number of nitrogens with two attached hydrogens (primary N) is 1. The molecule has 1 aromatic carbocycles. The van der Waals surface area contributed by atoms with Crippen LogP contribution in [-0.4, -0.2) is 36.8 Å². The quantitative estimate of drug-likeness (QED) is 0.378. The van der Waals surface area contributed by atoms with Crippen LogP contribution in [-0.2, 0) is 4.74 Å². The summed E-state index contributed by atoms with van der Waals surface area (Å²) in [6, 6.07) is 4.62. The van der Waals surface area contributed by atoms with Crippen molar-refractivity contribution in [3.05, 3.63) is 29.6 Å². The fourth-order valence-corrected chi connectivity index (χ4v) is 2.56. The molecule has 0 spiro atoms. The van der Waals surface area contributed by atoms with E-state index in [4.69, 9.17) is 15.7 Å². The average Bonchev–Trinajstić information content (AvgIpc) is 2.52. The Kier molecular flexibility index (Phi) is 5.38. The molecule has 2 rings (SSSR count). The van der Waals surface area contributed by atoms with Gasteiger partial charge in [0.05, 0.1) is 11.8 Å². The topological polar surface area (TPSA) is 71.1 Å². The van der Waals surface area contributed by atoms with Crippen LogP contribution < -0.4 is 10.6 Å². The SMILES string of the molecule is CCCOC1CCCN(c2ccc(C(N)=NO)cc2F)C1. The minimum Gasteiger partial charge on any atom is -0.409 e. The Labute approximate surface area is 124 Å². The first-order chi connectivity index (χ1) is 10.2. The summed E-state index contributed by atoms with van der Waals surface area (Å²) in [6.07, 6.45) is 3.14. The third-order valence-electron chi connectivity index (χ3n) is 3.63. The Morgan fingerprint density at radius 2 is 2.38 bits per heavy atom. The minimum absolute atomic E-state index is 0.0942. The van der Waals surface area contributed by atoms with Crippen LogP contribution in [0.4, 0.5) is 10.1 Å². The van der Waals surface area contributed by atoms with Crippen molar-refractivity contribution in [2.75, 3.05) is 24.6 Å². The predicted molar refractivity (Wildman–Crippen MR) is 80.4 cm³/mol. The lowest BCUT2D eigenvalue weighted by molar-refractivity contribution is 0.0439. The van der Waals surface area contributed by atoms with E-state index >= 15 is 0 Å². The molecular formula is C15H22FN3O2. The molecule has 6 heteroatoms. The first-order valence-electron chi connectivity index (χ1n) is 7.29. The van der Waals surface area contributed by atoms with Gasteiger partial charge in [-0.15, -0.1) is 0 Å². The van der Waals surface area contributed by atoms with Crippen molar-refractivity contribution in [1.82, 2.24) is 0 Å². The predicted octanol–water partition coefficient (Wildman–Crippen LogP) is 2.32. The second kappa shape index (κ2) is 7.26. The molecule has 3 N–H and O–H groups in total. The molecule has 1 aromatic rings. The number of ether oxygens (including phenoxy) is 1. The molecular weight excluding hydrogens is 273 g/mol. The monoisotopic (exact) mass is 295 g/mol. The number of nitrogens with zero attached hydrogens (tertiary/aromatic N) is 2. The lowest BCUT2D eigenvalue weighted by atomic mass is 10.1. The molecule has 0 bridgehead atoms. The molecule has 5 nitrogen and oxygen atoms in total. The van der Waals surface area contributed by atoms with E-state index in [1.54, 1.807) is 12.1 Å². The molecule has 1 atom stereocenters. The van der Waals surface area contributed by atoms with Crippen molar-refractivity contribution in [3.8, 4) is 0 Å². The Morgan fingerprint density at radius 3 is 3.05 bits per heavy atom. The number of hydrogen-bond donors (Lipinski definition) is 2. The second-order valence-electron chi connectivity index (χ2n) is 5.23. The van der Waals surface area contributed by atoms with Crippen molar-refractivity contribution >= 4 is 11.5 Å². The van der Waals surface area contributed by atoms with Crippen molar-refractivity contribution < 1.29 is 14.3 Å². The standard InChI is InChI=1S/C15H22FN3O2/c1-2-8-21-12-4-3-7-19(10-12)14-6-5-11(9-13(14)16)15(17)18-20/h5-6,9,12,20H,2-4,7-8,10H2,1H3,(H2,17,18). The number of benzene rings is 1. The maximum absolute atomic E-state index is 14.2. The Balaban J connectivity index is 2.10. The first-order valence-corrected chi connectivity index (χ1v) is 7.29. The van der Waals surface area contributed by atoms with Gasteiger partial charge in [0.15, 0.2) is 5.84 Å². The average molecular weight is 295 g/mol. The van der Waals surface area contributed by atoms with E-state index in [1.807, 2.05) is 4.90 Å². The number of rotatable bonds is 5. The lowest BCUT2D eigenvalue weighted by Gasteiger charge is -2.34. The highest BCUT2D eigenvalue weighted by Crippen LogP contribution is 2.25. The fraction of sp³-hybridized carbons (Fsp3) is 0.533. The molecule has 21 heavy (non-hydrogen) atoms. The Bertz CT molecular complexity index is 508. The third-order valence-corrected chi connectivity index (χ3v) is 3.63. The highest BCUT2D eigenvalue weighted by molar-refractivity contribution is 5.97. The van der Waals surface area contributed by atoms with Crippen LogP contribution in [0.3, 0.4) is 0 Å². The molecule has 1 aliphatic heterocycles. The summed E-state index contributed by atoms with van der Waals surface area (Å²) in [5, 5.41) is 11.5. The molecule has 1 unspecified atom stereocenters. The number of anilines is 1. The molecule has 0 saturated carbocycles. The first kappa shape index (κ1) is 15.6. The largest absolute Gasteiger partial charge is 0.409 e. The molecule has 0 amide bonds. The van der Waals surface area contributed by atoms with Gasteiger partial charge in [-0.2, -0.15) is 0 Å². The van der Waals surface area contributed by atoms with Crippen molar-refractivity contribution in [1.29, 1.82) is 0 Å². The van der Waals surface area contributed by atoms with Crippen LogP contribution in [0.2, 0.25) is 0 Å². The van der Waals surface area contributed by atoms with Crippen LogP contribution in [0, 0.1) is 5.82 Å². The highest BCUT2D eigenvalue weighted by atomic mass is 19.1. The maximum Gasteiger partial charge on any atom is 0.170 e. The normalized spacial score (nSPS) is 19.8. The summed E-state index contributed by atoms with van der Waals surface area (Å²) in [5.41, 5.74) is 6.37. The zero-order valence-electron chi connectivity index (χ0n) is 12.3. The van der Waals surface area contributed by atoms with Gasteiger partial charge < -0.3 is 20.6 Å². The molecule has 1 fully saturated rings. The van der Waals surface area contributed by atoms with Gasteiger partial charge in [0.25, 0.3) is 0 Å². The van der Waals surface area contributed by atoms with E-state index in [9.17, 15) is 4.39 Å². The van der Waals surface area contributed by atoms with Gasteiger partial charge in [0, 0.05) is 25.3 Å². The number of halogens is 1. The van der Waals surface area contributed by atoms with Gasteiger partial charge in [-0.05, 0) is 37.5 Å². The lowest BCUT2D eigenvalue weighted by Crippen LogP contribution is -2.40. The number of hydrogen-bond acceptors (Lipinski definition) is 4. The van der Waals surface area contributed by atoms with E-state index < -0.39 is 0 Å². The number of oxime groups is 1. The second-order valence-corrected chi connectivity index (χ2v) is 5.23. The van der Waals surface area contributed by atoms with Crippen molar-refractivity contribution in [2.45, 2.75) is 32.3 Å². The van der Waals surface area contributed by atoms with Gasteiger partial charge in [0.2, 0.25) is 0 Å². The minimum atomic E-state index is -0.366. The fourth-order valence-electron chi connectivity index (χ4n) is 2.56. The molecule has 1 heterocycles. The van der Waals surface area contributed by atoms with E-state index in [1.165, 1.54) is 6.07 Å². The van der Waals surface area contributed by atoms with E-state index in [2.05, 4.69) is 12.1 Å². The maximum atomic E-state index is 14.2. The summed E-state index contributed by atoms with van der Waals surface area (Å²) in [7, 11) is 0. The third kappa shape index (κ3) is 3.85. The summed E-state index contributed by atoms with van der Waals surface area (Å²) in [5.74, 6) is -0.460. The van der Waals surface area contributed by atoms with E-state index in [-0.39, 0.29) is 17.8 Å². The molecule has 1 saturated heterocycles. The molecule has 116 valence electrons. The zero-order valence-corrected chi connectivity index (χ0v) is 12.3. The molecule has 0 aromatic heterocycles. The van der Waals surface area contributed by atoms with Gasteiger partial charge in [-0.1, -0.05) is 12.1 Å². The van der Waals surface area contributed by atoms with Crippen LogP contribution in [0.1, 0.15) is 31.7 Å². The smallest absolute Gasteiger partial charge is 0.170 e. The van der Waals surface area contributed by atoms with Crippen molar-refractivity contribution in [3.63, 3.8) is 0 Å². The summed E-state index contributed by atoms with van der Waals surface area (Å²) in [6.45, 7) is 4.32. The summed E-state index contributed by atoms with van der Waals surface area (Å²) in [4.78, 5) is 2.00. The van der Waals surface area contributed by atoms with Gasteiger partial charge >= 0.3 is 0 Å². The molecule has 0 radical (unpaired) electrons.